The fraction of sp³-hybridized carbons (Fsp3) is 0.100. The molecule has 0 unspecified atom stereocenters. The van der Waals surface area contributed by atoms with E-state index >= 15 is 0 Å². The van der Waals surface area contributed by atoms with Gasteiger partial charge in [-0.3, -0.25) is 0 Å². The topological polar surface area (TPSA) is 43.8 Å². The summed E-state index contributed by atoms with van der Waals surface area (Å²) < 4.78 is 14.9. The zero-order valence-electron chi connectivity index (χ0n) is 8.12. The molecular weight excluding hydrogens is 252 g/mol. The maximum absolute atomic E-state index is 13.2. The summed E-state index contributed by atoms with van der Waals surface area (Å²) in [6.45, 7) is 0.326. The van der Waals surface area contributed by atoms with Crippen molar-refractivity contribution >= 4 is 23.2 Å². The molecule has 0 spiro atoms. The number of hydrogen-bond acceptors (Lipinski definition) is 2. The van der Waals surface area contributed by atoms with E-state index in [0.717, 1.165) is 5.69 Å². The lowest BCUT2D eigenvalue weighted by atomic mass is 10.3. The predicted octanol–water partition coefficient (Wildman–Crippen LogP) is 2.78. The van der Waals surface area contributed by atoms with Gasteiger partial charge in [-0.1, -0.05) is 23.2 Å². The van der Waals surface area contributed by atoms with Crippen LogP contribution in [-0.2, 0) is 6.54 Å². The maximum atomic E-state index is 13.2. The molecule has 2 N–H and O–H groups in total. The molecule has 0 atom stereocenters. The summed E-state index contributed by atoms with van der Waals surface area (Å²) in [5.74, 6) is -0.624. The zero-order chi connectivity index (χ0) is 11.7. The lowest BCUT2D eigenvalue weighted by Gasteiger charge is -2.08. The summed E-state index contributed by atoms with van der Waals surface area (Å²) in [7, 11) is 0. The standard InChI is InChI=1S/C10H8Cl2FN3/c11-8-1-6(2-9(12)10(8)13)16-5-15-4-7(16)3-14/h1-2,4-5H,3,14H2. The molecule has 2 rings (SSSR count). The van der Waals surface area contributed by atoms with Gasteiger partial charge in [0.2, 0.25) is 0 Å². The van der Waals surface area contributed by atoms with Gasteiger partial charge in [0.05, 0.1) is 22.1 Å². The Balaban J connectivity index is 2.57. The van der Waals surface area contributed by atoms with E-state index in [1.54, 1.807) is 17.1 Å². The molecule has 1 aromatic heterocycles. The van der Waals surface area contributed by atoms with Crippen LogP contribution in [0.1, 0.15) is 5.69 Å². The van der Waals surface area contributed by atoms with Crippen LogP contribution in [0, 0.1) is 5.82 Å². The first-order valence-electron chi connectivity index (χ1n) is 4.49. The van der Waals surface area contributed by atoms with E-state index in [2.05, 4.69) is 4.98 Å². The third kappa shape index (κ3) is 1.91. The van der Waals surface area contributed by atoms with Crippen LogP contribution in [0.5, 0.6) is 0 Å². The molecule has 1 aromatic carbocycles. The average molecular weight is 260 g/mol. The van der Waals surface area contributed by atoms with Gasteiger partial charge in [0, 0.05) is 18.4 Å². The van der Waals surface area contributed by atoms with Crippen LogP contribution in [0.3, 0.4) is 0 Å². The Morgan fingerprint density at radius 1 is 1.31 bits per heavy atom. The second kappa shape index (κ2) is 4.41. The highest BCUT2D eigenvalue weighted by Crippen LogP contribution is 2.27. The van der Waals surface area contributed by atoms with Gasteiger partial charge in [-0.2, -0.15) is 0 Å². The average Bonchev–Trinajstić information content (AvgIpc) is 2.73. The molecule has 0 aliphatic rings. The monoisotopic (exact) mass is 259 g/mol. The number of benzene rings is 1. The van der Waals surface area contributed by atoms with Crippen LogP contribution in [0.15, 0.2) is 24.7 Å². The molecule has 0 saturated carbocycles. The quantitative estimate of drug-likeness (QED) is 0.844. The largest absolute Gasteiger partial charge is 0.325 e. The van der Waals surface area contributed by atoms with Crippen LogP contribution in [0.4, 0.5) is 4.39 Å². The SMILES string of the molecule is NCc1cncn1-c1cc(Cl)c(F)c(Cl)c1. The van der Waals surface area contributed by atoms with Gasteiger partial charge in [-0.15, -0.1) is 0 Å². The molecule has 0 saturated heterocycles. The Kier molecular flexibility index (Phi) is 3.14. The Labute approximate surface area is 102 Å². The Morgan fingerprint density at radius 2 is 1.94 bits per heavy atom. The summed E-state index contributed by atoms with van der Waals surface area (Å²) in [5, 5.41) is -0.0571. The van der Waals surface area contributed by atoms with Gasteiger partial charge in [0.1, 0.15) is 0 Å². The number of aromatic nitrogens is 2. The second-order valence-corrected chi connectivity index (χ2v) is 4.00. The van der Waals surface area contributed by atoms with E-state index in [1.807, 2.05) is 0 Å². The third-order valence-electron chi connectivity index (χ3n) is 2.17. The van der Waals surface area contributed by atoms with Crippen LogP contribution in [-0.4, -0.2) is 9.55 Å². The van der Waals surface area contributed by atoms with Gasteiger partial charge in [0.15, 0.2) is 5.82 Å². The van der Waals surface area contributed by atoms with Crippen LogP contribution >= 0.6 is 23.2 Å². The van der Waals surface area contributed by atoms with Crippen molar-refractivity contribution in [1.29, 1.82) is 0 Å². The molecule has 16 heavy (non-hydrogen) atoms. The first kappa shape index (κ1) is 11.4. The van der Waals surface area contributed by atoms with Crippen LogP contribution < -0.4 is 5.73 Å². The van der Waals surface area contributed by atoms with Crippen molar-refractivity contribution in [3.63, 3.8) is 0 Å². The zero-order valence-corrected chi connectivity index (χ0v) is 9.63. The number of halogens is 3. The molecule has 0 fully saturated rings. The van der Waals surface area contributed by atoms with Crippen molar-refractivity contribution in [2.75, 3.05) is 0 Å². The minimum absolute atomic E-state index is 0.0285. The van der Waals surface area contributed by atoms with Crippen molar-refractivity contribution in [1.82, 2.24) is 9.55 Å². The minimum Gasteiger partial charge on any atom is -0.325 e. The van der Waals surface area contributed by atoms with E-state index < -0.39 is 5.82 Å². The highest BCUT2D eigenvalue weighted by Gasteiger charge is 2.10. The van der Waals surface area contributed by atoms with Crippen LogP contribution in [0.2, 0.25) is 10.0 Å². The molecule has 0 bridgehead atoms. The first-order chi connectivity index (χ1) is 7.63. The summed E-state index contributed by atoms with van der Waals surface area (Å²) in [6, 6.07) is 2.95. The van der Waals surface area contributed by atoms with Crippen molar-refractivity contribution in [3.05, 3.63) is 46.2 Å². The molecule has 3 nitrogen and oxygen atoms in total. The summed E-state index contributed by atoms with van der Waals surface area (Å²) in [6.07, 6.45) is 3.20. The van der Waals surface area contributed by atoms with Gasteiger partial charge in [-0.05, 0) is 12.1 Å². The number of rotatable bonds is 2. The number of nitrogens with zero attached hydrogens (tertiary/aromatic N) is 2. The first-order valence-corrected chi connectivity index (χ1v) is 5.25. The lowest BCUT2D eigenvalue weighted by Crippen LogP contribution is -2.04. The van der Waals surface area contributed by atoms with Gasteiger partial charge in [-0.25, -0.2) is 9.37 Å². The maximum Gasteiger partial charge on any atom is 0.160 e. The van der Waals surface area contributed by atoms with Crippen molar-refractivity contribution in [3.8, 4) is 5.69 Å². The number of nitrogens with two attached hydrogens (primary N) is 1. The molecule has 0 aliphatic heterocycles. The fourth-order valence-electron chi connectivity index (χ4n) is 1.39. The normalized spacial score (nSPS) is 10.8. The number of imidazole rings is 1. The van der Waals surface area contributed by atoms with Crippen molar-refractivity contribution in [2.24, 2.45) is 5.73 Å². The molecule has 0 amide bonds. The third-order valence-corrected chi connectivity index (χ3v) is 2.72. The van der Waals surface area contributed by atoms with E-state index in [1.165, 1.54) is 12.1 Å². The van der Waals surface area contributed by atoms with E-state index in [9.17, 15) is 4.39 Å². The summed E-state index contributed by atoms with van der Waals surface area (Å²) in [4.78, 5) is 3.95. The molecule has 84 valence electrons. The Bertz CT molecular complexity index is 502. The van der Waals surface area contributed by atoms with E-state index in [-0.39, 0.29) is 10.0 Å². The van der Waals surface area contributed by atoms with Gasteiger partial charge < -0.3 is 10.3 Å². The summed E-state index contributed by atoms with van der Waals surface area (Å²) >= 11 is 11.4. The Hall–Kier alpha value is -1.10. The Morgan fingerprint density at radius 3 is 2.50 bits per heavy atom. The van der Waals surface area contributed by atoms with Crippen LogP contribution in [0.25, 0.3) is 5.69 Å². The number of hydrogen-bond donors (Lipinski definition) is 1. The van der Waals surface area contributed by atoms with E-state index in [4.69, 9.17) is 28.9 Å². The molecule has 0 radical (unpaired) electrons. The van der Waals surface area contributed by atoms with Gasteiger partial charge >= 0.3 is 0 Å². The molecular formula is C10H8Cl2FN3. The fourth-order valence-corrected chi connectivity index (χ4v) is 1.86. The van der Waals surface area contributed by atoms with Crippen molar-refractivity contribution in [2.45, 2.75) is 6.54 Å². The minimum atomic E-state index is -0.624. The predicted molar refractivity (Wildman–Crippen MR) is 61.4 cm³/mol. The molecule has 1 heterocycles. The highest BCUT2D eigenvalue weighted by molar-refractivity contribution is 6.35. The van der Waals surface area contributed by atoms with Gasteiger partial charge in [0.25, 0.3) is 0 Å². The molecule has 0 aliphatic carbocycles. The van der Waals surface area contributed by atoms with E-state index in [0.29, 0.717) is 12.2 Å². The molecule has 2 aromatic rings. The highest BCUT2D eigenvalue weighted by atomic mass is 35.5. The second-order valence-electron chi connectivity index (χ2n) is 3.18. The molecule has 6 heteroatoms. The smallest absolute Gasteiger partial charge is 0.160 e. The lowest BCUT2D eigenvalue weighted by molar-refractivity contribution is 0.628. The summed E-state index contributed by atoms with van der Waals surface area (Å²) in [5.41, 5.74) is 6.96. The van der Waals surface area contributed by atoms with Crippen molar-refractivity contribution < 1.29 is 4.39 Å².